The van der Waals surface area contributed by atoms with Crippen LogP contribution in [0.15, 0.2) is 18.2 Å². The molecule has 0 amide bonds. The molecule has 1 aliphatic rings. The van der Waals surface area contributed by atoms with Crippen LogP contribution in [-0.2, 0) is 4.74 Å². The predicted molar refractivity (Wildman–Crippen MR) is 70.5 cm³/mol. The van der Waals surface area contributed by atoms with Crippen LogP contribution < -0.4 is 10.1 Å². The van der Waals surface area contributed by atoms with Crippen LogP contribution in [0.2, 0.25) is 0 Å². The van der Waals surface area contributed by atoms with Crippen molar-refractivity contribution in [3.8, 4) is 11.8 Å². The molecule has 0 radical (unpaired) electrons. The number of benzene rings is 1. The van der Waals surface area contributed by atoms with Crippen molar-refractivity contribution in [1.29, 1.82) is 5.26 Å². The first-order valence-electron chi connectivity index (χ1n) is 6.27. The van der Waals surface area contributed by atoms with E-state index in [0.29, 0.717) is 18.9 Å². The van der Waals surface area contributed by atoms with Gasteiger partial charge >= 0.3 is 0 Å². The lowest BCUT2D eigenvalue weighted by atomic mass is 10.2. The first kappa shape index (κ1) is 14.2. The van der Waals surface area contributed by atoms with Gasteiger partial charge in [0.2, 0.25) is 0 Å². The number of nitrogens with one attached hydrogen (secondary N) is 1. The van der Waals surface area contributed by atoms with Crippen molar-refractivity contribution in [2.75, 3.05) is 19.7 Å². The van der Waals surface area contributed by atoms with Crippen LogP contribution in [0.4, 0.5) is 5.69 Å². The van der Waals surface area contributed by atoms with Gasteiger partial charge in [-0.05, 0) is 13.0 Å². The van der Waals surface area contributed by atoms with E-state index in [1.54, 1.807) is 0 Å². The Hall–Kier alpha value is -2.17. The molecule has 2 atom stereocenters. The molecule has 1 aliphatic heterocycles. The van der Waals surface area contributed by atoms with Gasteiger partial charge in [0.15, 0.2) is 0 Å². The first-order chi connectivity index (χ1) is 9.60. The Morgan fingerprint density at radius 2 is 2.40 bits per heavy atom. The monoisotopic (exact) mass is 277 g/mol. The molecule has 2 rings (SSSR count). The molecule has 0 saturated carbocycles. The summed E-state index contributed by atoms with van der Waals surface area (Å²) in [5.41, 5.74) is 0.0223. The smallest absolute Gasteiger partial charge is 0.271 e. The quantitative estimate of drug-likeness (QED) is 0.656. The number of nitro groups is 1. The van der Waals surface area contributed by atoms with E-state index in [4.69, 9.17) is 14.7 Å². The number of ether oxygens (including phenoxy) is 2. The number of hydrogen-bond acceptors (Lipinski definition) is 6. The molecule has 0 bridgehead atoms. The molecule has 2 unspecified atom stereocenters. The standard InChI is InChI=1S/C13H15N3O4/c1-9-6-15-7-12(20-9)8-19-13-3-2-11(16(17)18)4-10(13)5-14/h2-4,9,12,15H,6-8H2,1H3. The highest BCUT2D eigenvalue weighted by Gasteiger charge is 2.20. The highest BCUT2D eigenvalue weighted by molar-refractivity contribution is 5.50. The van der Waals surface area contributed by atoms with Crippen LogP contribution in [0.1, 0.15) is 12.5 Å². The minimum Gasteiger partial charge on any atom is -0.489 e. The molecule has 1 heterocycles. The highest BCUT2D eigenvalue weighted by Crippen LogP contribution is 2.23. The molecule has 1 saturated heterocycles. The summed E-state index contributed by atoms with van der Waals surface area (Å²) in [5.74, 6) is 0.333. The van der Waals surface area contributed by atoms with E-state index in [2.05, 4.69) is 5.32 Å². The zero-order chi connectivity index (χ0) is 14.5. The molecular formula is C13H15N3O4. The van der Waals surface area contributed by atoms with Gasteiger partial charge in [0.05, 0.1) is 11.0 Å². The Morgan fingerprint density at radius 3 is 3.05 bits per heavy atom. The zero-order valence-corrected chi connectivity index (χ0v) is 11.0. The third kappa shape index (κ3) is 3.44. The molecule has 1 aromatic carbocycles. The maximum absolute atomic E-state index is 10.6. The average Bonchev–Trinajstić information content (AvgIpc) is 2.45. The molecule has 106 valence electrons. The third-order valence-corrected chi connectivity index (χ3v) is 2.95. The summed E-state index contributed by atoms with van der Waals surface area (Å²) >= 11 is 0. The minimum atomic E-state index is -0.541. The van der Waals surface area contributed by atoms with E-state index in [9.17, 15) is 10.1 Å². The summed E-state index contributed by atoms with van der Waals surface area (Å²) in [7, 11) is 0. The number of non-ortho nitro benzene ring substituents is 1. The van der Waals surface area contributed by atoms with E-state index < -0.39 is 4.92 Å². The summed E-state index contributed by atoms with van der Waals surface area (Å²) in [4.78, 5) is 10.1. The van der Waals surface area contributed by atoms with Crippen LogP contribution in [0, 0.1) is 21.4 Å². The largest absolute Gasteiger partial charge is 0.489 e. The second-order valence-electron chi connectivity index (χ2n) is 4.59. The molecule has 1 aromatic rings. The maximum Gasteiger partial charge on any atom is 0.271 e. The number of nitrogens with zero attached hydrogens (tertiary/aromatic N) is 2. The number of nitriles is 1. The minimum absolute atomic E-state index is 0.0968. The van der Waals surface area contributed by atoms with E-state index >= 15 is 0 Å². The number of rotatable bonds is 4. The van der Waals surface area contributed by atoms with Gasteiger partial charge in [-0.15, -0.1) is 0 Å². The second kappa shape index (κ2) is 6.32. The topological polar surface area (TPSA) is 97.4 Å². The predicted octanol–water partition coefficient (Wildman–Crippen LogP) is 1.22. The SMILES string of the molecule is CC1CNCC(COc2ccc([N+](=O)[O-])cc2C#N)O1. The van der Waals surface area contributed by atoms with Crippen molar-refractivity contribution in [3.05, 3.63) is 33.9 Å². The van der Waals surface area contributed by atoms with Crippen LogP contribution in [0.3, 0.4) is 0 Å². The fraction of sp³-hybridized carbons (Fsp3) is 0.462. The lowest BCUT2D eigenvalue weighted by Crippen LogP contribution is -2.45. The van der Waals surface area contributed by atoms with Crippen molar-refractivity contribution >= 4 is 5.69 Å². The van der Waals surface area contributed by atoms with Gasteiger partial charge in [0.1, 0.15) is 30.1 Å². The van der Waals surface area contributed by atoms with Crippen molar-refractivity contribution in [1.82, 2.24) is 5.32 Å². The van der Waals surface area contributed by atoms with Gasteiger partial charge in [-0.3, -0.25) is 10.1 Å². The lowest BCUT2D eigenvalue weighted by Gasteiger charge is -2.28. The third-order valence-electron chi connectivity index (χ3n) is 2.95. The summed E-state index contributed by atoms with van der Waals surface area (Å²) in [6.45, 7) is 3.74. The average molecular weight is 277 g/mol. The number of nitro benzene ring substituents is 1. The van der Waals surface area contributed by atoms with Crippen LogP contribution >= 0.6 is 0 Å². The van der Waals surface area contributed by atoms with Gasteiger partial charge in [-0.2, -0.15) is 5.26 Å². The first-order valence-corrected chi connectivity index (χ1v) is 6.27. The molecule has 0 aromatic heterocycles. The molecule has 20 heavy (non-hydrogen) atoms. The molecule has 1 fully saturated rings. The molecule has 7 nitrogen and oxygen atoms in total. The lowest BCUT2D eigenvalue weighted by molar-refractivity contribution is -0.384. The Balaban J connectivity index is 2.02. The van der Waals surface area contributed by atoms with Gasteiger partial charge in [-0.25, -0.2) is 0 Å². The number of morpholine rings is 1. The van der Waals surface area contributed by atoms with Gasteiger partial charge in [0, 0.05) is 25.2 Å². The Bertz CT molecular complexity index is 541. The van der Waals surface area contributed by atoms with E-state index in [-0.39, 0.29) is 23.5 Å². The van der Waals surface area contributed by atoms with Gasteiger partial charge in [0.25, 0.3) is 5.69 Å². The molecular weight excluding hydrogens is 262 g/mol. The van der Waals surface area contributed by atoms with Gasteiger partial charge < -0.3 is 14.8 Å². The Morgan fingerprint density at radius 1 is 1.60 bits per heavy atom. The Kier molecular flexibility index (Phi) is 4.50. The second-order valence-corrected chi connectivity index (χ2v) is 4.59. The van der Waals surface area contributed by atoms with Crippen molar-refractivity contribution < 1.29 is 14.4 Å². The van der Waals surface area contributed by atoms with Crippen LogP contribution in [0.5, 0.6) is 5.75 Å². The normalized spacial score (nSPS) is 22.0. The summed E-state index contributed by atoms with van der Waals surface area (Å²) in [6, 6.07) is 5.87. The van der Waals surface area contributed by atoms with E-state index in [1.165, 1.54) is 18.2 Å². The van der Waals surface area contributed by atoms with Crippen LogP contribution in [0.25, 0.3) is 0 Å². The molecule has 1 N–H and O–H groups in total. The van der Waals surface area contributed by atoms with Crippen LogP contribution in [-0.4, -0.2) is 36.8 Å². The van der Waals surface area contributed by atoms with Crippen molar-refractivity contribution in [3.63, 3.8) is 0 Å². The van der Waals surface area contributed by atoms with E-state index in [0.717, 1.165) is 6.54 Å². The maximum atomic E-state index is 10.6. The summed E-state index contributed by atoms with van der Waals surface area (Å²) in [5, 5.41) is 22.9. The fourth-order valence-electron chi connectivity index (χ4n) is 2.00. The molecule has 0 aliphatic carbocycles. The van der Waals surface area contributed by atoms with Crippen molar-refractivity contribution in [2.45, 2.75) is 19.1 Å². The van der Waals surface area contributed by atoms with Crippen molar-refractivity contribution in [2.24, 2.45) is 0 Å². The summed E-state index contributed by atoms with van der Waals surface area (Å²) < 4.78 is 11.2. The highest BCUT2D eigenvalue weighted by atomic mass is 16.6. The number of hydrogen-bond donors (Lipinski definition) is 1. The zero-order valence-electron chi connectivity index (χ0n) is 11.0. The summed E-state index contributed by atoms with van der Waals surface area (Å²) in [6.07, 6.45) is 0.0186. The Labute approximate surface area is 116 Å². The molecule has 7 heteroatoms. The van der Waals surface area contributed by atoms with Gasteiger partial charge in [-0.1, -0.05) is 0 Å². The van der Waals surface area contributed by atoms with E-state index in [1.807, 2.05) is 13.0 Å². The molecule has 0 spiro atoms. The fourth-order valence-corrected chi connectivity index (χ4v) is 2.00.